The maximum atomic E-state index is 12.5. The first-order chi connectivity index (χ1) is 33.7. The lowest BCUT2D eigenvalue weighted by molar-refractivity contribution is -0.159. The highest BCUT2D eigenvalue weighted by atomic mass is 35.5. The molecule has 6 atom stereocenters. The summed E-state index contributed by atoms with van der Waals surface area (Å²) in [6, 6.07) is 4.56. The van der Waals surface area contributed by atoms with Crippen molar-refractivity contribution in [3.8, 4) is 0 Å². The van der Waals surface area contributed by atoms with Crippen LogP contribution in [0.5, 0.6) is 0 Å². The van der Waals surface area contributed by atoms with Crippen molar-refractivity contribution in [3.63, 3.8) is 0 Å². The highest BCUT2D eigenvalue weighted by Crippen LogP contribution is 2.28. The fourth-order valence-corrected chi connectivity index (χ4v) is 6.85. The quantitative estimate of drug-likeness (QED) is 0.106. The average Bonchev–Trinajstić information content (AvgIpc) is 3.28. The molecule has 2 unspecified atom stereocenters. The number of alkyl carbamates (subject to hydrolysis) is 2. The van der Waals surface area contributed by atoms with Gasteiger partial charge in [0.15, 0.2) is 0 Å². The van der Waals surface area contributed by atoms with E-state index in [-0.39, 0.29) is 66.4 Å². The van der Waals surface area contributed by atoms with E-state index in [0.29, 0.717) is 35.7 Å². The van der Waals surface area contributed by atoms with Gasteiger partial charge < -0.3 is 66.5 Å². The third-order valence-electron chi connectivity index (χ3n) is 9.84. The summed E-state index contributed by atoms with van der Waals surface area (Å²) < 4.78 is 15.0. The van der Waals surface area contributed by atoms with Crippen LogP contribution in [0.2, 0.25) is 10.0 Å². The Hall–Kier alpha value is -6.57. The summed E-state index contributed by atoms with van der Waals surface area (Å²) in [5.41, 5.74) is 4.79. The monoisotopic (exact) mass is 1110 g/mol. The van der Waals surface area contributed by atoms with E-state index in [1.807, 2.05) is 20.8 Å². The van der Waals surface area contributed by atoms with Gasteiger partial charge in [0.2, 0.25) is 11.8 Å². The van der Waals surface area contributed by atoms with E-state index in [4.69, 9.17) is 58.2 Å². The molecular weight excluding hydrogens is 1040 g/mol. The van der Waals surface area contributed by atoms with Crippen molar-refractivity contribution in [2.24, 2.45) is 17.6 Å². The van der Waals surface area contributed by atoms with Crippen molar-refractivity contribution in [1.29, 1.82) is 0 Å². The molecule has 2 aliphatic carbocycles. The van der Waals surface area contributed by atoms with Crippen molar-refractivity contribution in [1.82, 2.24) is 35.7 Å². The Balaban J connectivity index is 0.00000108. The van der Waals surface area contributed by atoms with Gasteiger partial charge >= 0.3 is 47.8 Å². The molecule has 2 heterocycles. The van der Waals surface area contributed by atoms with E-state index >= 15 is 0 Å². The van der Waals surface area contributed by atoms with Gasteiger partial charge in [0.25, 0.3) is 0 Å². The van der Waals surface area contributed by atoms with Gasteiger partial charge in [-0.1, -0.05) is 23.2 Å². The molecule has 2 aromatic rings. The number of nitrogens with one attached hydrogen (secondary N) is 5. The van der Waals surface area contributed by atoms with Crippen molar-refractivity contribution in [2.75, 3.05) is 45.4 Å². The highest BCUT2D eigenvalue weighted by Gasteiger charge is 2.38. The fourth-order valence-electron chi connectivity index (χ4n) is 6.63. The first-order valence-electron chi connectivity index (χ1n) is 22.7. The maximum Gasteiger partial charge on any atom is 0.414 e. The second-order valence-electron chi connectivity index (χ2n) is 18.7. The Bertz CT molecular complexity index is 2210. The molecule has 2 fully saturated rings. The molecule has 0 saturated heterocycles. The number of carboxylic acids is 2. The second kappa shape index (κ2) is 31.9. The number of nitrogens with zero attached hydrogens (tertiary/aromatic N) is 4. The number of hydrogen-bond acceptors (Lipinski definition) is 16. The number of esters is 1. The summed E-state index contributed by atoms with van der Waals surface area (Å²) in [6.07, 6.45) is 4.86. The van der Waals surface area contributed by atoms with Crippen LogP contribution in [0.25, 0.3) is 0 Å². The molecule has 2 aliphatic rings. The number of nitrogens with two attached hydrogens (primary N) is 1. The molecule has 4 rings (SSSR count). The van der Waals surface area contributed by atoms with E-state index in [2.05, 4.69) is 41.3 Å². The molecule has 0 aromatic carbocycles. The second-order valence-corrected chi connectivity index (χ2v) is 19.6. The fraction of sp³-hybridized carbons (Fsp3) is 0.565. The number of amides is 7. The molecule has 0 spiro atoms. The summed E-state index contributed by atoms with van der Waals surface area (Å²) in [5, 5.41) is 28.5. The van der Waals surface area contributed by atoms with Gasteiger partial charge in [-0.05, 0) is 111 Å². The Morgan fingerprint density at radius 2 is 1.03 bits per heavy atom. The average molecular weight is 1110 g/mol. The first kappa shape index (κ1) is 67.4. The van der Waals surface area contributed by atoms with Crippen LogP contribution >= 0.6 is 35.6 Å². The summed E-state index contributed by atoms with van der Waals surface area (Å²) >= 11 is 11.4. The lowest BCUT2D eigenvalue weighted by atomic mass is 9.81. The molecule has 2 saturated carbocycles. The van der Waals surface area contributed by atoms with Crippen LogP contribution in [0.15, 0.2) is 36.7 Å². The molecule has 9 N–H and O–H groups in total. The molecule has 0 radical (unpaired) electrons. The van der Waals surface area contributed by atoms with Crippen molar-refractivity contribution < 1.29 is 72.4 Å². The van der Waals surface area contributed by atoms with Crippen LogP contribution in [0.1, 0.15) is 87.0 Å². The summed E-state index contributed by atoms with van der Waals surface area (Å²) in [5.74, 6) is -7.15. The lowest BCUT2D eigenvalue weighted by Gasteiger charge is -2.37. The third kappa shape index (κ3) is 26.9. The molecule has 414 valence electrons. The lowest BCUT2D eigenvalue weighted by Crippen LogP contribution is -2.57. The topological polar surface area (TPSA) is 357 Å². The number of rotatable bonds is 8. The van der Waals surface area contributed by atoms with Crippen molar-refractivity contribution in [3.05, 3.63) is 46.7 Å². The zero-order valence-electron chi connectivity index (χ0n) is 43.1. The Kier molecular flexibility index (Phi) is 29.1. The highest BCUT2D eigenvalue weighted by molar-refractivity contribution is 6.39. The Morgan fingerprint density at radius 3 is 1.41 bits per heavy atom. The van der Waals surface area contributed by atoms with Crippen molar-refractivity contribution in [2.45, 2.75) is 122 Å². The van der Waals surface area contributed by atoms with Gasteiger partial charge in [-0.25, -0.2) is 33.9 Å². The Morgan fingerprint density at radius 1 is 0.622 bits per heavy atom. The zero-order chi connectivity index (χ0) is 56.0. The molecule has 2 aromatic heterocycles. The SMILES string of the molecule is CCOC(=O)C(=O)Nc1ccc(Cl)cn1.CN(C)C(=O)C1CC[C@H](N)[C@H](NC(=O)OC(C)(C)C)C1.CN(C)C(=O)C1CC[C@H](NC(=O)C(=O)Nc2ccc(Cl)cn2)[C@H](NC(=O)OC(C)(C)C)C1.Cl.O=C(O)C(=O)O. The van der Waals surface area contributed by atoms with Gasteiger partial charge in [-0.15, -0.1) is 12.4 Å². The number of anilines is 2. The van der Waals surface area contributed by atoms with Crippen LogP contribution in [0.3, 0.4) is 0 Å². The van der Waals surface area contributed by atoms with Crippen LogP contribution in [-0.4, -0.2) is 160 Å². The molecule has 74 heavy (non-hydrogen) atoms. The van der Waals surface area contributed by atoms with E-state index in [1.54, 1.807) is 66.9 Å². The minimum atomic E-state index is -1.82. The summed E-state index contributed by atoms with van der Waals surface area (Å²) in [7, 11) is 6.82. The van der Waals surface area contributed by atoms with E-state index in [0.717, 1.165) is 12.8 Å². The normalized spacial score (nSPS) is 18.7. The maximum absolute atomic E-state index is 12.5. The number of aromatic nitrogens is 2. The van der Waals surface area contributed by atoms with Crippen LogP contribution in [0.4, 0.5) is 21.2 Å². The van der Waals surface area contributed by atoms with Gasteiger partial charge in [-0.2, -0.15) is 0 Å². The minimum Gasteiger partial charge on any atom is -0.473 e. The number of hydrogen-bond donors (Lipinski definition) is 8. The molecule has 25 nitrogen and oxygen atoms in total. The van der Waals surface area contributed by atoms with Crippen molar-refractivity contribution >= 4 is 107 Å². The van der Waals surface area contributed by atoms with Crippen LogP contribution in [0, 0.1) is 11.8 Å². The predicted molar refractivity (Wildman–Crippen MR) is 273 cm³/mol. The predicted octanol–water partition coefficient (Wildman–Crippen LogP) is 3.85. The first-order valence-corrected chi connectivity index (χ1v) is 23.4. The van der Waals surface area contributed by atoms with Crippen LogP contribution in [-0.2, 0) is 52.6 Å². The Labute approximate surface area is 445 Å². The molecule has 0 aliphatic heterocycles. The van der Waals surface area contributed by atoms with Gasteiger partial charge in [0.05, 0.1) is 22.7 Å². The van der Waals surface area contributed by atoms with E-state index in [1.165, 1.54) is 35.5 Å². The number of carboxylic acid groups (broad SMARTS) is 2. The molecule has 7 amide bonds. The summed E-state index contributed by atoms with van der Waals surface area (Å²) in [6.45, 7) is 12.4. The summed E-state index contributed by atoms with van der Waals surface area (Å²) in [4.78, 5) is 124. The van der Waals surface area contributed by atoms with E-state index in [9.17, 15) is 38.4 Å². The van der Waals surface area contributed by atoms with Gasteiger partial charge in [-0.3, -0.25) is 24.0 Å². The smallest absolute Gasteiger partial charge is 0.414 e. The standard InChI is InChI=1S/C21H30ClN5O5.C14H27N3O3.C9H9ClN2O3.C2H2O4.ClH/c1-21(2,3)32-20(31)25-15-10-12(19(30)27(4)5)6-8-14(15)24-17(28)18(29)26-16-9-7-13(22)11-23-16;1-14(2,3)20-13(19)16-11-8-9(6-7-10(11)15)12(18)17(4)5;1-2-15-9(14)8(13)12-7-4-3-6(10)5-11-7;3-1(4)2(5)6;/h7,9,11-12,14-15H,6,8,10H2,1-5H3,(H,24,28)(H,25,31)(H,23,26,29);9-11H,6-8,15H2,1-5H3,(H,16,19);3-5H,2H2,1H3,(H,11,12,13);(H,3,4)(H,5,6);1H/t12?,14-,15+;9?,10-,11+;;;/m00.../s1. The van der Waals surface area contributed by atoms with E-state index < -0.39 is 71.1 Å². The third-order valence-corrected chi connectivity index (χ3v) is 10.3. The molecule has 28 heteroatoms. The number of carbonyl (C=O) groups is 10. The molecular formula is C46H69Cl3N10O15. The number of ether oxygens (including phenoxy) is 3. The number of pyridine rings is 2. The van der Waals surface area contributed by atoms with Crippen LogP contribution < -0.4 is 32.3 Å². The largest absolute Gasteiger partial charge is 0.473 e. The number of aliphatic carboxylic acids is 2. The molecule has 0 bridgehead atoms. The number of halogens is 3. The van der Waals surface area contributed by atoms with Gasteiger partial charge in [0.1, 0.15) is 22.8 Å². The number of carbonyl (C=O) groups excluding carboxylic acids is 8. The zero-order valence-corrected chi connectivity index (χ0v) is 45.4. The minimum absolute atomic E-state index is 0. The van der Waals surface area contributed by atoms with Gasteiger partial charge in [0, 0.05) is 70.5 Å².